The van der Waals surface area contributed by atoms with Crippen molar-refractivity contribution in [3.8, 4) is 10.7 Å². The largest absolute Gasteiger partial charge is 0.272 e. The second kappa shape index (κ2) is 9.09. The number of benzene rings is 1. The van der Waals surface area contributed by atoms with Gasteiger partial charge in [0.1, 0.15) is 5.69 Å². The summed E-state index contributed by atoms with van der Waals surface area (Å²) in [6, 6.07) is 10.7. The van der Waals surface area contributed by atoms with Gasteiger partial charge in [-0.3, -0.25) is 9.78 Å². The first-order valence-electron chi connectivity index (χ1n) is 7.26. The molecule has 0 unspecified atom stereocenters. The summed E-state index contributed by atoms with van der Waals surface area (Å²) in [5.74, 6) is -0.0730. The first kappa shape index (κ1) is 18.8. The maximum atomic E-state index is 11.9. The van der Waals surface area contributed by atoms with E-state index in [1.807, 2.05) is 18.2 Å². The standard InChI is InChI=1S/C16H11Cl2N5OS2/c17-11-5-4-10(7-12(11)18)8-20-21-14(24)9-25-16-23-22-15(26-16)13-3-1-2-6-19-13/h1-8H,9H2,(H,21,24)/b20-8-. The molecule has 1 N–H and O–H groups in total. The molecule has 3 aromatic rings. The second-order valence-corrected chi connectivity index (χ2v) is 7.86. The molecular weight excluding hydrogens is 413 g/mol. The van der Waals surface area contributed by atoms with Crippen LogP contribution in [-0.4, -0.2) is 33.1 Å². The van der Waals surface area contributed by atoms with Gasteiger partial charge in [0.15, 0.2) is 9.35 Å². The summed E-state index contributed by atoms with van der Waals surface area (Å²) in [6.45, 7) is 0. The fraction of sp³-hybridized carbons (Fsp3) is 0.0625. The lowest BCUT2D eigenvalue weighted by atomic mass is 10.2. The fourth-order valence-electron chi connectivity index (χ4n) is 1.79. The lowest BCUT2D eigenvalue weighted by molar-refractivity contribution is -0.118. The number of thioether (sulfide) groups is 1. The molecule has 1 amide bonds. The maximum Gasteiger partial charge on any atom is 0.250 e. The highest BCUT2D eigenvalue weighted by Gasteiger charge is 2.09. The fourth-order valence-corrected chi connectivity index (χ4v) is 3.72. The van der Waals surface area contributed by atoms with E-state index in [-0.39, 0.29) is 11.7 Å². The van der Waals surface area contributed by atoms with E-state index in [2.05, 4.69) is 25.7 Å². The number of carbonyl (C=O) groups is 1. The molecule has 2 aromatic heterocycles. The molecule has 0 bridgehead atoms. The molecule has 6 nitrogen and oxygen atoms in total. The molecule has 26 heavy (non-hydrogen) atoms. The Balaban J connectivity index is 1.49. The number of aromatic nitrogens is 3. The lowest BCUT2D eigenvalue weighted by Gasteiger charge is -1.99. The van der Waals surface area contributed by atoms with Crippen molar-refractivity contribution in [1.82, 2.24) is 20.6 Å². The highest BCUT2D eigenvalue weighted by Crippen LogP contribution is 2.27. The smallest absolute Gasteiger partial charge is 0.250 e. The van der Waals surface area contributed by atoms with E-state index in [0.717, 1.165) is 11.3 Å². The average molecular weight is 424 g/mol. The van der Waals surface area contributed by atoms with Gasteiger partial charge < -0.3 is 0 Å². The number of pyridine rings is 1. The summed E-state index contributed by atoms with van der Waals surface area (Å²) in [5, 5.41) is 13.6. The van der Waals surface area contributed by atoms with E-state index >= 15 is 0 Å². The Morgan fingerprint density at radius 1 is 1.23 bits per heavy atom. The molecule has 2 heterocycles. The monoisotopic (exact) mass is 423 g/mol. The summed E-state index contributed by atoms with van der Waals surface area (Å²) in [5.41, 5.74) is 3.94. The summed E-state index contributed by atoms with van der Waals surface area (Å²) < 4.78 is 0.689. The Labute approximate surface area is 167 Å². The molecule has 1 aromatic carbocycles. The summed E-state index contributed by atoms with van der Waals surface area (Å²) >= 11 is 14.4. The van der Waals surface area contributed by atoms with Gasteiger partial charge in [-0.05, 0) is 29.8 Å². The first-order valence-corrected chi connectivity index (χ1v) is 9.82. The maximum absolute atomic E-state index is 11.9. The quantitative estimate of drug-likeness (QED) is 0.365. The van der Waals surface area contributed by atoms with Crippen molar-refractivity contribution in [2.24, 2.45) is 5.10 Å². The van der Waals surface area contributed by atoms with Crippen LogP contribution in [0, 0.1) is 0 Å². The van der Waals surface area contributed by atoms with Gasteiger partial charge >= 0.3 is 0 Å². The molecule has 0 saturated heterocycles. The Morgan fingerprint density at radius 2 is 2.12 bits per heavy atom. The van der Waals surface area contributed by atoms with Crippen molar-refractivity contribution in [3.05, 3.63) is 58.2 Å². The molecule has 132 valence electrons. The minimum absolute atomic E-state index is 0.176. The number of amides is 1. The predicted octanol–water partition coefficient (Wildman–Crippen LogP) is 4.15. The number of carbonyl (C=O) groups excluding carboxylic acids is 1. The van der Waals surface area contributed by atoms with E-state index in [1.165, 1.54) is 29.3 Å². The van der Waals surface area contributed by atoms with E-state index in [0.29, 0.717) is 19.4 Å². The van der Waals surface area contributed by atoms with Crippen molar-refractivity contribution >= 4 is 58.4 Å². The van der Waals surface area contributed by atoms with E-state index in [4.69, 9.17) is 23.2 Å². The molecule has 0 aliphatic carbocycles. The third kappa shape index (κ3) is 5.25. The highest BCUT2D eigenvalue weighted by atomic mass is 35.5. The normalized spacial score (nSPS) is 11.0. The van der Waals surface area contributed by atoms with Gasteiger partial charge in [-0.25, -0.2) is 5.43 Å². The zero-order chi connectivity index (χ0) is 18.4. The van der Waals surface area contributed by atoms with Crippen LogP contribution < -0.4 is 5.43 Å². The summed E-state index contributed by atoms with van der Waals surface area (Å²) in [4.78, 5) is 16.1. The van der Waals surface area contributed by atoms with Crippen LogP contribution in [0.2, 0.25) is 10.0 Å². The molecule has 0 aliphatic heterocycles. The molecule has 0 radical (unpaired) electrons. The topological polar surface area (TPSA) is 80.1 Å². The molecule has 0 aliphatic rings. The van der Waals surface area contributed by atoms with Gasteiger partial charge in [-0.2, -0.15) is 5.10 Å². The van der Waals surface area contributed by atoms with Crippen LogP contribution >= 0.6 is 46.3 Å². The Morgan fingerprint density at radius 3 is 2.88 bits per heavy atom. The molecule has 3 rings (SSSR count). The summed E-state index contributed by atoms with van der Waals surface area (Å²) in [7, 11) is 0. The SMILES string of the molecule is O=C(CSc1nnc(-c2ccccn2)s1)N/N=C\c1ccc(Cl)c(Cl)c1. The van der Waals surface area contributed by atoms with Gasteiger partial charge in [-0.15, -0.1) is 10.2 Å². The summed E-state index contributed by atoms with van der Waals surface area (Å²) in [6.07, 6.45) is 3.19. The minimum atomic E-state index is -0.249. The number of halogens is 2. The van der Waals surface area contributed by atoms with E-state index in [1.54, 1.807) is 24.4 Å². The van der Waals surface area contributed by atoms with Crippen molar-refractivity contribution in [2.75, 3.05) is 5.75 Å². The van der Waals surface area contributed by atoms with Gasteiger partial charge in [0.05, 0.1) is 22.0 Å². The van der Waals surface area contributed by atoms with Gasteiger partial charge in [0, 0.05) is 6.20 Å². The first-order chi connectivity index (χ1) is 12.6. The Bertz CT molecular complexity index is 933. The molecule has 0 atom stereocenters. The molecule has 10 heteroatoms. The van der Waals surface area contributed by atoms with E-state index in [9.17, 15) is 4.79 Å². The molecule has 0 saturated carbocycles. The van der Waals surface area contributed by atoms with Crippen molar-refractivity contribution in [3.63, 3.8) is 0 Å². The van der Waals surface area contributed by atoms with Gasteiger partial charge in [-0.1, -0.05) is 58.4 Å². The average Bonchev–Trinajstić information content (AvgIpc) is 3.13. The van der Waals surface area contributed by atoms with Gasteiger partial charge in [0.2, 0.25) is 0 Å². The Kier molecular flexibility index (Phi) is 6.56. The number of hydrogen-bond acceptors (Lipinski definition) is 7. The third-order valence-corrected chi connectivity index (χ3v) is 5.78. The lowest BCUT2D eigenvalue weighted by Crippen LogP contribution is -2.19. The predicted molar refractivity (Wildman–Crippen MR) is 106 cm³/mol. The van der Waals surface area contributed by atoms with Crippen LogP contribution in [0.4, 0.5) is 0 Å². The third-order valence-electron chi connectivity index (χ3n) is 2.96. The van der Waals surface area contributed by atoms with Crippen LogP contribution in [-0.2, 0) is 4.79 Å². The van der Waals surface area contributed by atoms with Crippen molar-refractivity contribution in [2.45, 2.75) is 4.34 Å². The number of rotatable bonds is 6. The highest BCUT2D eigenvalue weighted by molar-refractivity contribution is 8.01. The van der Waals surface area contributed by atoms with Crippen molar-refractivity contribution < 1.29 is 4.79 Å². The second-order valence-electron chi connectivity index (χ2n) is 4.84. The van der Waals surface area contributed by atoms with Crippen LogP contribution in [0.5, 0.6) is 0 Å². The zero-order valence-corrected chi connectivity index (χ0v) is 16.2. The van der Waals surface area contributed by atoms with Crippen LogP contribution in [0.25, 0.3) is 10.7 Å². The van der Waals surface area contributed by atoms with Gasteiger partial charge in [0.25, 0.3) is 5.91 Å². The van der Waals surface area contributed by atoms with Crippen LogP contribution in [0.1, 0.15) is 5.56 Å². The zero-order valence-electron chi connectivity index (χ0n) is 13.1. The number of nitrogens with one attached hydrogen (secondary N) is 1. The Hall–Kier alpha value is -2.00. The van der Waals surface area contributed by atoms with E-state index < -0.39 is 0 Å². The number of hydrogen-bond donors (Lipinski definition) is 1. The number of hydrazone groups is 1. The minimum Gasteiger partial charge on any atom is -0.272 e. The molecular formula is C16H11Cl2N5OS2. The molecule has 0 fully saturated rings. The van der Waals surface area contributed by atoms with Crippen LogP contribution in [0.15, 0.2) is 52.0 Å². The molecule has 0 spiro atoms. The van der Waals surface area contributed by atoms with Crippen LogP contribution in [0.3, 0.4) is 0 Å². The van der Waals surface area contributed by atoms with Crippen molar-refractivity contribution in [1.29, 1.82) is 0 Å². The number of nitrogens with zero attached hydrogens (tertiary/aromatic N) is 4.